The molecule has 1 radical (unpaired) electrons. The highest BCUT2D eigenvalue weighted by molar-refractivity contribution is 5.96. The zero-order valence-electron chi connectivity index (χ0n) is 12.2. The first-order chi connectivity index (χ1) is 10.2. The van der Waals surface area contributed by atoms with E-state index in [2.05, 4.69) is 10.1 Å². The van der Waals surface area contributed by atoms with Crippen molar-refractivity contribution in [1.29, 1.82) is 0 Å². The number of carbonyl (C=O) groups is 2. The average Bonchev–Trinajstić information content (AvgIpc) is 2.99. The molecule has 1 aromatic rings. The van der Waals surface area contributed by atoms with Crippen molar-refractivity contribution in [3.63, 3.8) is 0 Å². The minimum absolute atomic E-state index is 0.0608. The van der Waals surface area contributed by atoms with Gasteiger partial charge in [0.05, 0.1) is 13.0 Å². The van der Waals surface area contributed by atoms with Crippen LogP contribution in [0.15, 0.2) is 10.6 Å². The number of Topliss-reactive ketones (excluding diaryl/α,β-unsaturated/α-hetero) is 1. The first-order valence-electron chi connectivity index (χ1n) is 7.58. The molecule has 3 fully saturated rings. The highest BCUT2D eigenvalue weighted by Gasteiger charge is 2.42. The number of aromatic nitrogens is 1. The summed E-state index contributed by atoms with van der Waals surface area (Å²) in [6, 6.07) is 1.69. The summed E-state index contributed by atoms with van der Waals surface area (Å²) in [4.78, 5) is 26.2. The maximum atomic E-state index is 12.3. The average molecular weight is 292 g/mol. The summed E-state index contributed by atoms with van der Waals surface area (Å²) >= 11 is 0. The van der Waals surface area contributed by atoms with Gasteiger partial charge in [0.1, 0.15) is 19.1 Å². The van der Waals surface area contributed by atoms with Crippen molar-refractivity contribution in [2.24, 2.45) is 5.92 Å². The van der Waals surface area contributed by atoms with Crippen LogP contribution < -0.4 is 4.90 Å². The highest BCUT2D eigenvalue weighted by atomic mass is 16.5. The van der Waals surface area contributed by atoms with Crippen molar-refractivity contribution in [3.8, 4) is 0 Å². The number of hydrogen-bond donors (Lipinski definition) is 0. The number of ether oxygens (including phenoxy) is 1. The molecule has 3 aliphatic rings. The van der Waals surface area contributed by atoms with Crippen LogP contribution in [-0.4, -0.2) is 42.6 Å². The SMILES string of the molecule is CCOC(=O)c1cc(C(=O)CC2CC3CC[N+]2CC3)on1. The Bertz CT molecular complexity index is 532. The van der Waals surface area contributed by atoms with Crippen molar-refractivity contribution < 1.29 is 18.8 Å². The summed E-state index contributed by atoms with van der Waals surface area (Å²) in [5, 5.41) is 3.61. The van der Waals surface area contributed by atoms with Crippen LogP contribution >= 0.6 is 0 Å². The van der Waals surface area contributed by atoms with Crippen molar-refractivity contribution in [2.75, 3.05) is 19.7 Å². The van der Waals surface area contributed by atoms with Crippen LogP contribution in [0.5, 0.6) is 0 Å². The third kappa shape index (κ3) is 3.00. The molecule has 0 spiro atoms. The van der Waals surface area contributed by atoms with Crippen LogP contribution in [0, 0.1) is 5.92 Å². The second-order valence-corrected chi connectivity index (χ2v) is 5.79. The smallest absolute Gasteiger partial charge is 0.360 e. The lowest BCUT2D eigenvalue weighted by molar-refractivity contribution is 0.0513. The topological polar surface area (TPSA) is 75.3 Å². The fourth-order valence-corrected chi connectivity index (χ4v) is 3.32. The Labute approximate surface area is 123 Å². The van der Waals surface area contributed by atoms with Crippen molar-refractivity contribution in [1.82, 2.24) is 10.1 Å². The maximum Gasteiger partial charge on any atom is 0.360 e. The Kier molecular flexibility index (Phi) is 4.05. The number of ketones is 1. The second kappa shape index (κ2) is 5.97. The molecule has 0 saturated carbocycles. The first kappa shape index (κ1) is 14.3. The molecule has 0 aliphatic carbocycles. The van der Waals surface area contributed by atoms with E-state index in [1.54, 1.807) is 6.92 Å². The minimum Gasteiger partial charge on any atom is -0.461 e. The monoisotopic (exact) mass is 292 g/mol. The molecule has 3 aliphatic heterocycles. The van der Waals surface area contributed by atoms with E-state index < -0.39 is 5.97 Å². The molecule has 3 saturated heterocycles. The fraction of sp³-hybridized carbons (Fsp3) is 0.667. The third-order valence-electron chi connectivity index (χ3n) is 4.46. The van der Waals surface area contributed by atoms with Gasteiger partial charge in [0.25, 0.3) is 0 Å². The number of fused-ring (bicyclic) bond motifs is 3. The van der Waals surface area contributed by atoms with Gasteiger partial charge in [-0.2, -0.15) is 4.90 Å². The van der Waals surface area contributed by atoms with Crippen LogP contribution in [0.1, 0.15) is 53.7 Å². The lowest BCUT2D eigenvalue weighted by Crippen LogP contribution is -2.53. The zero-order chi connectivity index (χ0) is 14.8. The maximum absolute atomic E-state index is 12.3. The van der Waals surface area contributed by atoms with E-state index in [9.17, 15) is 9.59 Å². The summed E-state index contributed by atoms with van der Waals surface area (Å²) in [7, 11) is 0. The number of piperidine rings is 3. The molecular formula is C15H20N2O4+. The normalized spacial score (nSPS) is 27.6. The largest absolute Gasteiger partial charge is 0.461 e. The zero-order valence-corrected chi connectivity index (χ0v) is 12.2. The number of esters is 1. The van der Waals surface area contributed by atoms with Gasteiger partial charge >= 0.3 is 5.97 Å². The molecular weight excluding hydrogens is 272 g/mol. The quantitative estimate of drug-likeness (QED) is 0.469. The molecule has 0 amide bonds. The van der Waals surface area contributed by atoms with E-state index in [0.717, 1.165) is 25.4 Å². The molecule has 4 heterocycles. The van der Waals surface area contributed by atoms with E-state index in [1.807, 2.05) is 0 Å². The Morgan fingerprint density at radius 3 is 2.81 bits per heavy atom. The van der Waals surface area contributed by atoms with Gasteiger partial charge in [-0.15, -0.1) is 0 Å². The molecule has 4 rings (SSSR count). The number of nitrogens with zero attached hydrogens (tertiary/aromatic N) is 2. The van der Waals surface area contributed by atoms with Crippen molar-refractivity contribution in [3.05, 3.63) is 17.5 Å². The van der Waals surface area contributed by atoms with Gasteiger partial charge in [-0.3, -0.25) is 4.79 Å². The molecule has 113 valence electrons. The van der Waals surface area contributed by atoms with Gasteiger partial charge in [-0.05, 0) is 12.8 Å². The van der Waals surface area contributed by atoms with Crippen LogP contribution in [0.25, 0.3) is 0 Å². The number of hydrogen-bond acceptors (Lipinski definition) is 6. The first-order valence-corrected chi connectivity index (χ1v) is 7.58. The van der Waals surface area contributed by atoms with E-state index in [-0.39, 0.29) is 23.8 Å². The Hall–Kier alpha value is -1.69. The molecule has 0 N–H and O–H groups in total. The Balaban J connectivity index is 1.62. The Morgan fingerprint density at radius 2 is 2.19 bits per heavy atom. The minimum atomic E-state index is -0.555. The lowest BCUT2D eigenvalue weighted by Gasteiger charge is -2.36. The van der Waals surface area contributed by atoms with E-state index in [1.165, 1.54) is 18.9 Å². The van der Waals surface area contributed by atoms with Crippen LogP contribution in [0.4, 0.5) is 0 Å². The summed E-state index contributed by atoms with van der Waals surface area (Å²) in [5.41, 5.74) is 0.0608. The molecule has 1 aromatic heterocycles. The lowest BCUT2D eigenvalue weighted by atomic mass is 9.81. The predicted octanol–water partition coefficient (Wildman–Crippen LogP) is 1.75. The highest BCUT2D eigenvalue weighted by Crippen LogP contribution is 2.32. The van der Waals surface area contributed by atoms with Gasteiger partial charge in [-0.1, -0.05) is 5.16 Å². The third-order valence-corrected chi connectivity index (χ3v) is 4.46. The summed E-state index contributed by atoms with van der Waals surface area (Å²) in [5.74, 6) is 0.273. The standard InChI is InChI=1S/C15H20N2O4/c1-2-20-15(19)12-9-14(21-16-12)13(18)8-11-7-10-3-5-17(11)6-4-10/h9-11H,2-8H2,1H3/q+1. The van der Waals surface area contributed by atoms with Gasteiger partial charge in [0.2, 0.25) is 11.5 Å². The Morgan fingerprint density at radius 1 is 1.43 bits per heavy atom. The van der Waals surface area contributed by atoms with Crippen molar-refractivity contribution >= 4 is 11.8 Å². The molecule has 1 unspecified atom stereocenters. The molecule has 6 nitrogen and oxygen atoms in total. The van der Waals surface area contributed by atoms with Crippen LogP contribution in [0.3, 0.4) is 0 Å². The molecule has 1 atom stereocenters. The molecule has 0 aromatic carbocycles. The predicted molar refractivity (Wildman–Crippen MR) is 74.4 cm³/mol. The van der Waals surface area contributed by atoms with Crippen LogP contribution in [0.2, 0.25) is 0 Å². The summed E-state index contributed by atoms with van der Waals surface area (Å²) < 4.78 is 9.83. The van der Waals surface area contributed by atoms with E-state index in [0.29, 0.717) is 12.5 Å². The van der Waals surface area contributed by atoms with Gasteiger partial charge in [-0.25, -0.2) is 4.79 Å². The van der Waals surface area contributed by atoms with Gasteiger partial charge in [0, 0.05) is 25.3 Å². The molecule has 21 heavy (non-hydrogen) atoms. The summed E-state index contributed by atoms with van der Waals surface area (Å²) in [6.45, 7) is 4.17. The van der Waals surface area contributed by atoms with E-state index in [4.69, 9.17) is 9.26 Å². The number of carbonyl (C=O) groups excluding carboxylic acids is 2. The summed E-state index contributed by atoms with van der Waals surface area (Å²) in [6.07, 6.45) is 4.03. The van der Waals surface area contributed by atoms with Gasteiger partial charge in [0.15, 0.2) is 5.69 Å². The van der Waals surface area contributed by atoms with E-state index >= 15 is 0 Å². The van der Waals surface area contributed by atoms with Crippen LogP contribution in [-0.2, 0) is 4.74 Å². The molecule has 2 bridgehead atoms. The van der Waals surface area contributed by atoms with Gasteiger partial charge < -0.3 is 9.26 Å². The molecule has 6 heteroatoms. The van der Waals surface area contributed by atoms with Crippen molar-refractivity contribution in [2.45, 2.75) is 38.6 Å². The number of rotatable bonds is 5. The second-order valence-electron chi connectivity index (χ2n) is 5.79. The fourth-order valence-electron chi connectivity index (χ4n) is 3.32.